The maximum absolute atomic E-state index is 13.1. The monoisotopic (exact) mass is 393 g/mol. The lowest BCUT2D eigenvalue weighted by atomic mass is 10.1. The van der Waals surface area contributed by atoms with Gasteiger partial charge in [-0.05, 0) is 55.6 Å². The van der Waals surface area contributed by atoms with E-state index in [4.69, 9.17) is 0 Å². The summed E-state index contributed by atoms with van der Waals surface area (Å²) in [6.07, 6.45) is 6.37. The molecule has 0 spiro atoms. The van der Waals surface area contributed by atoms with Gasteiger partial charge in [0.2, 0.25) is 5.91 Å². The van der Waals surface area contributed by atoms with Crippen molar-refractivity contribution in [2.24, 2.45) is 11.8 Å². The highest BCUT2D eigenvalue weighted by molar-refractivity contribution is 7.22. The SMILES string of the molecule is Cc1c(-c2ccccc2)sc2ncn(CC(=O)NC(C3CC3)C3CC3)c(=O)c12. The van der Waals surface area contributed by atoms with Crippen LogP contribution in [0.25, 0.3) is 20.7 Å². The molecule has 5 rings (SSSR count). The number of nitrogens with one attached hydrogen (secondary N) is 1. The minimum Gasteiger partial charge on any atom is -0.351 e. The van der Waals surface area contributed by atoms with Gasteiger partial charge in [-0.15, -0.1) is 11.3 Å². The topological polar surface area (TPSA) is 64.0 Å². The summed E-state index contributed by atoms with van der Waals surface area (Å²) in [6, 6.07) is 10.3. The zero-order chi connectivity index (χ0) is 19.3. The van der Waals surface area contributed by atoms with Crippen molar-refractivity contribution in [1.29, 1.82) is 0 Å². The number of aryl methyl sites for hydroxylation is 1. The molecule has 1 N–H and O–H groups in total. The molecule has 0 aliphatic heterocycles. The molecule has 28 heavy (non-hydrogen) atoms. The number of carbonyl (C=O) groups excluding carboxylic acids is 1. The molecule has 1 aromatic carbocycles. The van der Waals surface area contributed by atoms with E-state index in [9.17, 15) is 9.59 Å². The molecule has 5 nitrogen and oxygen atoms in total. The number of aromatic nitrogens is 2. The summed E-state index contributed by atoms with van der Waals surface area (Å²) in [5, 5.41) is 3.81. The summed E-state index contributed by atoms with van der Waals surface area (Å²) in [4.78, 5) is 31.9. The van der Waals surface area contributed by atoms with Crippen LogP contribution in [0, 0.1) is 18.8 Å². The average Bonchev–Trinajstić information content (AvgIpc) is 3.61. The lowest BCUT2D eigenvalue weighted by molar-refractivity contribution is -0.122. The smallest absolute Gasteiger partial charge is 0.262 e. The molecule has 0 atom stereocenters. The van der Waals surface area contributed by atoms with Crippen molar-refractivity contribution in [2.75, 3.05) is 0 Å². The second kappa shape index (κ2) is 6.85. The Balaban J connectivity index is 1.42. The van der Waals surface area contributed by atoms with Crippen LogP contribution in [0.5, 0.6) is 0 Å². The minimum atomic E-state index is -0.134. The van der Waals surface area contributed by atoms with E-state index >= 15 is 0 Å². The van der Waals surface area contributed by atoms with Gasteiger partial charge < -0.3 is 5.32 Å². The third-order valence-corrected chi connectivity index (χ3v) is 7.10. The van der Waals surface area contributed by atoms with E-state index in [1.165, 1.54) is 47.9 Å². The lowest BCUT2D eigenvalue weighted by Crippen LogP contribution is -2.41. The van der Waals surface area contributed by atoms with Crippen LogP contribution in [-0.4, -0.2) is 21.5 Å². The number of fused-ring (bicyclic) bond motifs is 1. The van der Waals surface area contributed by atoms with E-state index in [0.29, 0.717) is 23.3 Å². The van der Waals surface area contributed by atoms with Gasteiger partial charge in [0.25, 0.3) is 5.56 Å². The van der Waals surface area contributed by atoms with Crippen molar-refractivity contribution >= 4 is 27.5 Å². The molecule has 3 aromatic rings. The summed E-state index contributed by atoms with van der Waals surface area (Å²) in [5.41, 5.74) is 1.89. The van der Waals surface area contributed by atoms with Crippen LogP contribution in [-0.2, 0) is 11.3 Å². The van der Waals surface area contributed by atoms with Crippen LogP contribution in [0.4, 0.5) is 0 Å². The first-order chi connectivity index (χ1) is 13.6. The van der Waals surface area contributed by atoms with Crippen LogP contribution in [0.1, 0.15) is 31.2 Å². The summed E-state index contributed by atoms with van der Waals surface area (Å²) in [5.74, 6) is 1.20. The molecule has 1 amide bonds. The Bertz CT molecular complexity index is 1080. The summed E-state index contributed by atoms with van der Waals surface area (Å²) in [6.45, 7) is 2.00. The second-order valence-corrected chi connectivity index (χ2v) is 9.05. The Morgan fingerprint density at radius 1 is 1.21 bits per heavy atom. The first-order valence-corrected chi connectivity index (χ1v) is 10.8. The van der Waals surface area contributed by atoms with Crippen LogP contribution < -0.4 is 10.9 Å². The van der Waals surface area contributed by atoms with E-state index in [-0.39, 0.29) is 18.0 Å². The van der Waals surface area contributed by atoms with Crippen molar-refractivity contribution in [2.45, 2.75) is 45.2 Å². The van der Waals surface area contributed by atoms with Gasteiger partial charge in [0.1, 0.15) is 11.4 Å². The molecular weight excluding hydrogens is 370 g/mol. The maximum Gasteiger partial charge on any atom is 0.262 e. The molecule has 144 valence electrons. The molecule has 6 heteroatoms. The Morgan fingerprint density at radius 3 is 2.54 bits per heavy atom. The van der Waals surface area contributed by atoms with Gasteiger partial charge in [-0.3, -0.25) is 14.2 Å². The fraction of sp³-hybridized carbons (Fsp3) is 0.409. The molecule has 0 radical (unpaired) electrons. The highest BCUT2D eigenvalue weighted by Crippen LogP contribution is 2.44. The normalized spacial score (nSPS) is 16.6. The Labute approximate surface area is 167 Å². The molecule has 2 aromatic heterocycles. The molecule has 0 saturated heterocycles. The molecule has 0 bridgehead atoms. The van der Waals surface area contributed by atoms with E-state index in [0.717, 1.165) is 20.8 Å². The molecule has 2 aliphatic rings. The third-order valence-electron chi connectivity index (χ3n) is 5.85. The summed E-state index contributed by atoms with van der Waals surface area (Å²) < 4.78 is 1.45. The van der Waals surface area contributed by atoms with Crippen molar-refractivity contribution < 1.29 is 4.79 Å². The van der Waals surface area contributed by atoms with Gasteiger partial charge in [-0.25, -0.2) is 4.98 Å². The summed E-state index contributed by atoms with van der Waals surface area (Å²) >= 11 is 1.53. The third kappa shape index (κ3) is 3.26. The van der Waals surface area contributed by atoms with E-state index in [1.54, 1.807) is 0 Å². The van der Waals surface area contributed by atoms with Crippen molar-refractivity contribution in [3.63, 3.8) is 0 Å². The fourth-order valence-electron chi connectivity index (χ4n) is 4.05. The minimum absolute atomic E-state index is 0.0354. The van der Waals surface area contributed by atoms with Crippen LogP contribution in [0.15, 0.2) is 41.5 Å². The van der Waals surface area contributed by atoms with Crippen molar-refractivity contribution in [3.8, 4) is 10.4 Å². The van der Waals surface area contributed by atoms with Crippen LogP contribution in [0.3, 0.4) is 0 Å². The largest absolute Gasteiger partial charge is 0.351 e. The average molecular weight is 394 g/mol. The zero-order valence-electron chi connectivity index (χ0n) is 15.9. The number of nitrogens with zero attached hydrogens (tertiary/aromatic N) is 2. The fourth-order valence-corrected chi connectivity index (χ4v) is 5.20. The molecule has 2 aliphatic carbocycles. The van der Waals surface area contributed by atoms with Crippen LogP contribution in [0.2, 0.25) is 0 Å². The Morgan fingerprint density at radius 2 is 1.89 bits per heavy atom. The molecular formula is C22H23N3O2S. The molecule has 2 heterocycles. The Hall–Kier alpha value is -2.47. The highest BCUT2D eigenvalue weighted by Gasteiger charge is 2.42. The number of thiophene rings is 1. The van der Waals surface area contributed by atoms with Gasteiger partial charge >= 0.3 is 0 Å². The highest BCUT2D eigenvalue weighted by atomic mass is 32.1. The van der Waals surface area contributed by atoms with E-state index in [1.807, 2.05) is 37.3 Å². The second-order valence-electron chi connectivity index (χ2n) is 8.05. The van der Waals surface area contributed by atoms with E-state index in [2.05, 4.69) is 10.3 Å². The molecule has 2 saturated carbocycles. The Kier molecular flexibility index (Phi) is 4.31. The predicted molar refractivity (Wildman–Crippen MR) is 111 cm³/mol. The summed E-state index contributed by atoms with van der Waals surface area (Å²) in [7, 11) is 0. The zero-order valence-corrected chi connectivity index (χ0v) is 16.7. The van der Waals surface area contributed by atoms with E-state index < -0.39 is 0 Å². The van der Waals surface area contributed by atoms with Gasteiger partial charge in [-0.2, -0.15) is 0 Å². The number of carbonyl (C=O) groups is 1. The first kappa shape index (κ1) is 17.6. The quantitative estimate of drug-likeness (QED) is 0.694. The van der Waals surface area contributed by atoms with Crippen LogP contribution >= 0.6 is 11.3 Å². The van der Waals surface area contributed by atoms with Gasteiger partial charge in [0, 0.05) is 10.9 Å². The van der Waals surface area contributed by atoms with Crippen molar-refractivity contribution in [3.05, 3.63) is 52.6 Å². The number of benzene rings is 1. The number of hydrogen-bond donors (Lipinski definition) is 1. The number of rotatable bonds is 6. The molecule has 2 fully saturated rings. The van der Waals surface area contributed by atoms with Gasteiger partial charge in [-0.1, -0.05) is 30.3 Å². The predicted octanol–water partition coefficient (Wildman–Crippen LogP) is 3.74. The van der Waals surface area contributed by atoms with Gasteiger partial charge in [0.15, 0.2) is 0 Å². The molecule has 0 unspecified atom stereocenters. The first-order valence-electron chi connectivity index (χ1n) is 9.95. The number of amides is 1. The lowest BCUT2D eigenvalue weighted by Gasteiger charge is -2.18. The number of hydrogen-bond acceptors (Lipinski definition) is 4. The van der Waals surface area contributed by atoms with Crippen molar-refractivity contribution in [1.82, 2.24) is 14.9 Å². The van der Waals surface area contributed by atoms with Gasteiger partial charge in [0.05, 0.1) is 11.7 Å². The standard InChI is InChI=1S/C22H23N3O2S/c1-13-18-21(28-20(13)16-5-3-2-4-6-16)23-12-25(22(18)27)11-17(26)24-19(14-7-8-14)15-9-10-15/h2-6,12,14-15,19H,7-11H2,1H3,(H,24,26). The maximum atomic E-state index is 13.1.